The van der Waals surface area contributed by atoms with Gasteiger partial charge >= 0.3 is 0 Å². The van der Waals surface area contributed by atoms with E-state index in [0.29, 0.717) is 17.7 Å². The summed E-state index contributed by atoms with van der Waals surface area (Å²) >= 11 is 0. The van der Waals surface area contributed by atoms with Gasteiger partial charge in [-0.2, -0.15) is 0 Å². The Bertz CT molecular complexity index is 349. The molecular weight excluding hydrogens is 199 g/mol. The van der Waals surface area contributed by atoms with Gasteiger partial charge in [0.15, 0.2) is 0 Å². The molecule has 0 amide bonds. The minimum atomic E-state index is -2.67. The van der Waals surface area contributed by atoms with Gasteiger partial charge in [-0.25, -0.2) is 0 Å². The molecule has 3 nitrogen and oxygen atoms in total. The molecule has 0 aromatic heterocycles. The molecule has 0 aliphatic heterocycles. The van der Waals surface area contributed by atoms with Gasteiger partial charge in [0.2, 0.25) is 7.37 Å². The van der Waals surface area contributed by atoms with Crippen molar-refractivity contribution in [3.63, 3.8) is 0 Å². The first-order valence-electron chi connectivity index (χ1n) is 4.47. The number of rotatable bonds is 4. The average Bonchev–Trinajstić information content (AvgIpc) is 2.18. The fraction of sp³-hybridized carbons (Fsp3) is 0.400. The normalized spacial score (nSPS) is 14.8. The van der Waals surface area contributed by atoms with E-state index in [1.165, 1.54) is 0 Å². The van der Waals surface area contributed by atoms with Crippen molar-refractivity contribution < 1.29 is 13.8 Å². The van der Waals surface area contributed by atoms with Gasteiger partial charge in [-0.15, -0.1) is 0 Å². The van der Waals surface area contributed by atoms with Gasteiger partial charge in [0.1, 0.15) is 5.75 Å². The van der Waals surface area contributed by atoms with E-state index in [1.807, 2.05) is 19.1 Å². The Labute approximate surface area is 84.5 Å². The molecule has 0 saturated heterocycles. The molecule has 14 heavy (non-hydrogen) atoms. The summed E-state index contributed by atoms with van der Waals surface area (Å²) in [5.41, 5.74) is 0. The summed E-state index contributed by atoms with van der Waals surface area (Å²) in [4.78, 5) is 0. The van der Waals surface area contributed by atoms with Crippen LogP contribution in [0.1, 0.15) is 6.92 Å². The first kappa shape index (κ1) is 11.3. The van der Waals surface area contributed by atoms with Crippen LogP contribution in [-0.4, -0.2) is 20.4 Å². The average molecular weight is 214 g/mol. The summed E-state index contributed by atoms with van der Waals surface area (Å²) in [5, 5.41) is 0.693. The van der Waals surface area contributed by atoms with Crippen LogP contribution >= 0.6 is 7.37 Å². The van der Waals surface area contributed by atoms with Gasteiger partial charge in [0, 0.05) is 12.0 Å². The van der Waals surface area contributed by atoms with Crippen LogP contribution in [0.4, 0.5) is 0 Å². The van der Waals surface area contributed by atoms with Crippen LogP contribution in [0.15, 0.2) is 24.3 Å². The highest BCUT2D eigenvalue weighted by molar-refractivity contribution is 7.66. The zero-order valence-corrected chi connectivity index (χ0v) is 9.58. The van der Waals surface area contributed by atoms with Crippen molar-refractivity contribution in [2.45, 2.75) is 6.92 Å². The number of hydrogen-bond acceptors (Lipinski definition) is 3. The van der Waals surface area contributed by atoms with E-state index in [2.05, 4.69) is 0 Å². The predicted molar refractivity (Wildman–Crippen MR) is 57.8 cm³/mol. The fourth-order valence-electron chi connectivity index (χ4n) is 1.18. The van der Waals surface area contributed by atoms with Gasteiger partial charge in [-0.05, 0) is 25.1 Å². The maximum atomic E-state index is 12.0. The molecule has 0 radical (unpaired) electrons. The minimum absolute atomic E-state index is 0.449. The van der Waals surface area contributed by atoms with Crippen LogP contribution in [0, 0.1) is 0 Å². The van der Waals surface area contributed by atoms with Crippen LogP contribution < -0.4 is 10.0 Å². The summed E-state index contributed by atoms with van der Waals surface area (Å²) in [6, 6.07) is 7.16. The number of ether oxygens (including phenoxy) is 1. The number of hydrogen-bond donors (Lipinski definition) is 0. The van der Waals surface area contributed by atoms with Crippen molar-refractivity contribution in [1.82, 2.24) is 0 Å². The zero-order valence-electron chi connectivity index (χ0n) is 8.69. The Morgan fingerprint density at radius 1 is 1.43 bits per heavy atom. The summed E-state index contributed by atoms with van der Waals surface area (Å²) in [6.07, 6.45) is 0. The van der Waals surface area contributed by atoms with Crippen molar-refractivity contribution in [1.29, 1.82) is 0 Å². The van der Waals surface area contributed by atoms with Crippen LogP contribution in [0.5, 0.6) is 5.75 Å². The molecular formula is C10H15O3P. The quantitative estimate of drug-likeness (QED) is 0.721. The molecule has 0 heterocycles. The third-order valence-corrected chi connectivity index (χ3v) is 3.86. The van der Waals surface area contributed by atoms with Crippen LogP contribution in [0.2, 0.25) is 0 Å². The van der Waals surface area contributed by atoms with Gasteiger partial charge in [0.05, 0.1) is 13.7 Å². The van der Waals surface area contributed by atoms with Gasteiger partial charge < -0.3 is 9.26 Å². The maximum Gasteiger partial charge on any atom is 0.229 e. The molecule has 1 aromatic carbocycles. The lowest BCUT2D eigenvalue weighted by atomic mass is 10.3. The van der Waals surface area contributed by atoms with E-state index in [-0.39, 0.29) is 0 Å². The first-order chi connectivity index (χ1) is 6.60. The van der Waals surface area contributed by atoms with E-state index in [4.69, 9.17) is 9.26 Å². The number of methoxy groups -OCH3 is 1. The smallest absolute Gasteiger partial charge is 0.229 e. The van der Waals surface area contributed by atoms with Crippen molar-refractivity contribution in [2.24, 2.45) is 0 Å². The molecule has 78 valence electrons. The summed E-state index contributed by atoms with van der Waals surface area (Å²) < 4.78 is 22.3. The van der Waals surface area contributed by atoms with E-state index < -0.39 is 7.37 Å². The SMILES string of the molecule is CCOP(C)(=O)c1cccc(OC)c1. The Kier molecular flexibility index (Phi) is 3.73. The third kappa shape index (κ3) is 2.60. The monoisotopic (exact) mass is 214 g/mol. The van der Waals surface area contributed by atoms with E-state index >= 15 is 0 Å². The molecule has 1 atom stereocenters. The molecule has 1 aromatic rings. The van der Waals surface area contributed by atoms with E-state index in [0.717, 1.165) is 0 Å². The Balaban J connectivity index is 3.00. The molecule has 4 heteroatoms. The van der Waals surface area contributed by atoms with Crippen LogP contribution in [0.25, 0.3) is 0 Å². The molecule has 0 spiro atoms. The second kappa shape index (κ2) is 4.63. The van der Waals surface area contributed by atoms with E-state index in [9.17, 15) is 4.57 Å². The lowest BCUT2D eigenvalue weighted by Gasteiger charge is -2.13. The molecule has 0 aliphatic carbocycles. The highest BCUT2D eigenvalue weighted by Gasteiger charge is 2.18. The lowest BCUT2D eigenvalue weighted by Crippen LogP contribution is -2.06. The van der Waals surface area contributed by atoms with Crippen molar-refractivity contribution >= 4 is 12.7 Å². The van der Waals surface area contributed by atoms with Gasteiger partial charge in [-0.1, -0.05) is 6.07 Å². The molecule has 1 unspecified atom stereocenters. The van der Waals surface area contributed by atoms with Crippen molar-refractivity contribution in [2.75, 3.05) is 20.4 Å². The molecule has 0 saturated carbocycles. The number of benzene rings is 1. The second-order valence-electron chi connectivity index (χ2n) is 2.97. The van der Waals surface area contributed by atoms with E-state index in [1.54, 1.807) is 25.9 Å². The third-order valence-electron chi connectivity index (χ3n) is 1.90. The molecule has 0 bridgehead atoms. The van der Waals surface area contributed by atoms with Gasteiger partial charge in [-0.3, -0.25) is 4.57 Å². The van der Waals surface area contributed by atoms with Crippen molar-refractivity contribution in [3.05, 3.63) is 24.3 Å². The summed E-state index contributed by atoms with van der Waals surface area (Å²) in [7, 11) is -1.08. The predicted octanol–water partition coefficient (Wildman–Crippen LogP) is 2.26. The van der Waals surface area contributed by atoms with Crippen molar-refractivity contribution in [3.8, 4) is 5.75 Å². The second-order valence-corrected chi connectivity index (χ2v) is 5.43. The maximum absolute atomic E-state index is 12.0. The van der Waals surface area contributed by atoms with Crippen LogP contribution in [0.3, 0.4) is 0 Å². The largest absolute Gasteiger partial charge is 0.497 e. The minimum Gasteiger partial charge on any atom is -0.497 e. The Morgan fingerprint density at radius 2 is 2.14 bits per heavy atom. The highest BCUT2D eigenvalue weighted by atomic mass is 31.2. The zero-order chi connectivity index (χ0) is 10.6. The first-order valence-corrected chi connectivity index (χ1v) is 6.54. The summed E-state index contributed by atoms with van der Waals surface area (Å²) in [6.45, 7) is 3.90. The Morgan fingerprint density at radius 3 is 2.71 bits per heavy atom. The summed E-state index contributed by atoms with van der Waals surface area (Å²) in [5.74, 6) is 0.698. The fourth-order valence-corrected chi connectivity index (χ4v) is 2.54. The van der Waals surface area contributed by atoms with Gasteiger partial charge in [0.25, 0.3) is 0 Å². The molecule has 0 N–H and O–H groups in total. The van der Waals surface area contributed by atoms with Crippen LogP contribution in [-0.2, 0) is 9.09 Å². The molecule has 1 rings (SSSR count). The highest BCUT2D eigenvalue weighted by Crippen LogP contribution is 2.41. The molecule has 0 fully saturated rings. The standard InChI is InChI=1S/C10H15O3P/c1-4-13-14(3,11)10-7-5-6-9(8-10)12-2/h5-8H,4H2,1-3H3. The molecule has 0 aliphatic rings. The lowest BCUT2D eigenvalue weighted by molar-refractivity contribution is 0.344. The topological polar surface area (TPSA) is 35.5 Å². The Hall–Kier alpha value is -0.790.